The van der Waals surface area contributed by atoms with Crippen LogP contribution in [0.1, 0.15) is 20.7 Å². The Hall–Kier alpha value is -3.11. The van der Waals surface area contributed by atoms with Gasteiger partial charge in [0.1, 0.15) is 0 Å². The lowest BCUT2D eigenvalue weighted by Gasteiger charge is -2.09. The van der Waals surface area contributed by atoms with E-state index in [0.29, 0.717) is 11.5 Å². The summed E-state index contributed by atoms with van der Waals surface area (Å²) in [6, 6.07) is 9.67. The van der Waals surface area contributed by atoms with Crippen LogP contribution in [0.4, 0.5) is 0 Å². The predicted octanol–water partition coefficient (Wildman–Crippen LogP) is 0.825. The van der Waals surface area contributed by atoms with Crippen molar-refractivity contribution in [3.8, 4) is 11.5 Å². The zero-order chi connectivity index (χ0) is 18.7. The highest BCUT2D eigenvalue weighted by molar-refractivity contribution is 7.89. The smallest absolute Gasteiger partial charge is 0.337 e. The molecule has 0 fully saturated rings. The standard InChI is InChI=1S/C16H14N2O7S/c1-23-16(20)11-3-2-4-12(7-11)26(21,22)18-17-15(19)10-5-6-13-14(8-10)25-9-24-13/h2-8,18H,9H2,1H3,(H,17,19). The third kappa shape index (κ3) is 3.60. The van der Waals surface area contributed by atoms with Crippen LogP contribution in [0.3, 0.4) is 0 Å². The van der Waals surface area contributed by atoms with Gasteiger partial charge in [-0.05, 0) is 36.4 Å². The lowest BCUT2D eigenvalue weighted by Crippen LogP contribution is -2.41. The number of methoxy groups -OCH3 is 1. The van der Waals surface area contributed by atoms with Crippen molar-refractivity contribution >= 4 is 21.9 Å². The summed E-state index contributed by atoms with van der Waals surface area (Å²) in [7, 11) is -2.90. The number of sulfonamides is 1. The van der Waals surface area contributed by atoms with E-state index >= 15 is 0 Å². The second-order valence-electron chi connectivity index (χ2n) is 5.15. The van der Waals surface area contributed by atoms with Crippen LogP contribution in [-0.4, -0.2) is 34.2 Å². The minimum Gasteiger partial charge on any atom is -0.465 e. The normalized spacial score (nSPS) is 12.5. The Bertz CT molecular complexity index is 972. The van der Waals surface area contributed by atoms with Gasteiger partial charge in [0.15, 0.2) is 11.5 Å². The highest BCUT2D eigenvalue weighted by atomic mass is 32.2. The van der Waals surface area contributed by atoms with E-state index < -0.39 is 21.9 Å². The molecular weight excluding hydrogens is 364 g/mol. The molecule has 0 saturated heterocycles. The van der Waals surface area contributed by atoms with Gasteiger partial charge in [-0.25, -0.2) is 13.2 Å². The largest absolute Gasteiger partial charge is 0.465 e. The van der Waals surface area contributed by atoms with E-state index in [4.69, 9.17) is 9.47 Å². The maximum atomic E-state index is 12.3. The summed E-state index contributed by atoms with van der Waals surface area (Å²) in [6.45, 7) is 0.0591. The SMILES string of the molecule is COC(=O)c1cccc(S(=O)(=O)NNC(=O)c2ccc3c(c2)OCO3)c1. The van der Waals surface area contributed by atoms with Gasteiger partial charge in [0.05, 0.1) is 17.6 Å². The third-order valence-corrected chi connectivity index (χ3v) is 4.74. The van der Waals surface area contributed by atoms with Gasteiger partial charge >= 0.3 is 5.97 Å². The average molecular weight is 378 g/mol. The number of hydrogen-bond acceptors (Lipinski definition) is 7. The molecule has 2 N–H and O–H groups in total. The Morgan fingerprint density at radius 2 is 1.81 bits per heavy atom. The fourth-order valence-electron chi connectivity index (χ4n) is 2.19. The monoisotopic (exact) mass is 378 g/mol. The molecule has 2 aromatic rings. The molecule has 0 unspecified atom stereocenters. The van der Waals surface area contributed by atoms with Gasteiger partial charge in [-0.1, -0.05) is 6.07 Å². The first kappa shape index (κ1) is 17.7. The number of ether oxygens (including phenoxy) is 3. The van der Waals surface area contributed by atoms with Gasteiger partial charge in [0.25, 0.3) is 15.9 Å². The summed E-state index contributed by atoms with van der Waals surface area (Å²) >= 11 is 0. The third-order valence-electron chi connectivity index (χ3n) is 3.50. The van der Waals surface area contributed by atoms with Crippen molar-refractivity contribution in [2.45, 2.75) is 4.90 Å². The van der Waals surface area contributed by atoms with E-state index in [-0.39, 0.29) is 22.8 Å². The number of carbonyl (C=O) groups excluding carboxylic acids is 2. The fourth-order valence-corrected chi connectivity index (χ4v) is 3.08. The summed E-state index contributed by atoms with van der Waals surface area (Å²) in [6.07, 6.45) is 0. The topological polar surface area (TPSA) is 120 Å². The summed E-state index contributed by atoms with van der Waals surface area (Å²) in [5, 5.41) is 0. The first-order valence-electron chi connectivity index (χ1n) is 7.31. The van der Waals surface area contributed by atoms with Gasteiger partial charge in [-0.15, -0.1) is 4.83 Å². The minimum absolute atomic E-state index is 0.0591. The van der Waals surface area contributed by atoms with E-state index in [9.17, 15) is 18.0 Å². The van der Waals surface area contributed by atoms with Crippen molar-refractivity contribution in [2.24, 2.45) is 0 Å². The molecule has 1 aliphatic rings. The second-order valence-corrected chi connectivity index (χ2v) is 6.83. The van der Waals surface area contributed by atoms with Crippen molar-refractivity contribution in [3.63, 3.8) is 0 Å². The second kappa shape index (κ2) is 7.02. The molecule has 26 heavy (non-hydrogen) atoms. The van der Waals surface area contributed by atoms with Crippen LogP contribution in [0.2, 0.25) is 0 Å². The maximum Gasteiger partial charge on any atom is 0.337 e. The number of fused-ring (bicyclic) bond motifs is 1. The average Bonchev–Trinajstić information content (AvgIpc) is 3.13. The van der Waals surface area contributed by atoms with E-state index in [1.54, 1.807) is 6.07 Å². The molecule has 0 aliphatic carbocycles. The number of hydrazine groups is 1. The summed E-state index contributed by atoms with van der Waals surface area (Å²) < 4.78 is 39.4. The van der Waals surface area contributed by atoms with Crippen LogP contribution in [0.25, 0.3) is 0 Å². The number of hydrogen-bond donors (Lipinski definition) is 2. The maximum absolute atomic E-state index is 12.3. The molecule has 10 heteroatoms. The van der Waals surface area contributed by atoms with Gasteiger partial charge in [0.2, 0.25) is 6.79 Å². The fraction of sp³-hybridized carbons (Fsp3) is 0.125. The lowest BCUT2D eigenvalue weighted by molar-refractivity contribution is 0.0600. The van der Waals surface area contributed by atoms with E-state index in [2.05, 4.69) is 10.2 Å². The molecule has 0 spiro atoms. The molecule has 0 saturated carbocycles. The molecule has 1 amide bonds. The van der Waals surface area contributed by atoms with Crippen molar-refractivity contribution in [2.75, 3.05) is 13.9 Å². The van der Waals surface area contributed by atoms with E-state index in [0.717, 1.165) is 6.07 Å². The van der Waals surface area contributed by atoms with Crippen molar-refractivity contribution in [3.05, 3.63) is 53.6 Å². The predicted molar refractivity (Wildman–Crippen MR) is 88.1 cm³/mol. The first-order valence-corrected chi connectivity index (χ1v) is 8.79. The van der Waals surface area contributed by atoms with Crippen LogP contribution < -0.4 is 19.7 Å². The highest BCUT2D eigenvalue weighted by Gasteiger charge is 2.20. The molecule has 1 aliphatic heterocycles. The molecule has 3 rings (SSSR count). The Balaban J connectivity index is 1.72. The summed E-state index contributed by atoms with van der Waals surface area (Å²) in [4.78, 5) is 25.4. The number of nitrogens with one attached hydrogen (secondary N) is 2. The number of benzene rings is 2. The molecular formula is C16H14N2O7S. The van der Waals surface area contributed by atoms with Crippen LogP contribution in [0, 0.1) is 0 Å². The minimum atomic E-state index is -4.08. The van der Waals surface area contributed by atoms with Crippen molar-refractivity contribution in [1.82, 2.24) is 10.3 Å². The van der Waals surface area contributed by atoms with Gasteiger partial charge in [-0.3, -0.25) is 10.2 Å². The van der Waals surface area contributed by atoms with Crippen molar-refractivity contribution in [1.29, 1.82) is 0 Å². The highest BCUT2D eigenvalue weighted by Crippen LogP contribution is 2.32. The van der Waals surface area contributed by atoms with Crippen LogP contribution in [0.5, 0.6) is 11.5 Å². The van der Waals surface area contributed by atoms with E-state index in [1.165, 1.54) is 37.4 Å². The van der Waals surface area contributed by atoms with Crippen LogP contribution in [-0.2, 0) is 14.8 Å². The molecule has 0 aromatic heterocycles. The van der Waals surface area contributed by atoms with Gasteiger partial charge in [-0.2, -0.15) is 0 Å². The Morgan fingerprint density at radius 1 is 1.04 bits per heavy atom. The quantitative estimate of drug-likeness (QED) is 0.584. The zero-order valence-electron chi connectivity index (χ0n) is 13.5. The lowest BCUT2D eigenvalue weighted by atomic mass is 10.2. The van der Waals surface area contributed by atoms with Crippen LogP contribution >= 0.6 is 0 Å². The van der Waals surface area contributed by atoms with E-state index in [1.807, 2.05) is 4.83 Å². The summed E-state index contributed by atoms with van der Waals surface area (Å²) in [5.41, 5.74) is 2.35. The Kier molecular flexibility index (Phi) is 4.78. The molecule has 0 atom stereocenters. The number of carbonyl (C=O) groups is 2. The van der Waals surface area contributed by atoms with Crippen molar-refractivity contribution < 1.29 is 32.2 Å². The Labute approximate surface area is 148 Å². The van der Waals surface area contributed by atoms with Gasteiger partial charge in [0, 0.05) is 5.56 Å². The summed E-state index contributed by atoms with van der Waals surface area (Å²) in [5.74, 6) is -0.463. The Morgan fingerprint density at radius 3 is 2.58 bits per heavy atom. The zero-order valence-corrected chi connectivity index (χ0v) is 14.3. The molecule has 2 aromatic carbocycles. The molecule has 1 heterocycles. The number of esters is 1. The number of rotatable bonds is 5. The molecule has 0 bridgehead atoms. The number of amides is 1. The van der Waals surface area contributed by atoms with Gasteiger partial charge < -0.3 is 14.2 Å². The molecule has 136 valence electrons. The molecule has 0 radical (unpaired) electrons. The van der Waals surface area contributed by atoms with Crippen LogP contribution in [0.15, 0.2) is 47.4 Å². The molecule has 9 nitrogen and oxygen atoms in total. The first-order chi connectivity index (χ1) is 12.4.